The monoisotopic (exact) mass is 301 g/mol. The Labute approximate surface area is 114 Å². The van der Waals surface area contributed by atoms with Crippen molar-refractivity contribution in [2.24, 2.45) is 0 Å². The first kappa shape index (κ1) is 14.5. The number of benzene rings is 2. The molecule has 20 heavy (non-hydrogen) atoms. The quantitative estimate of drug-likeness (QED) is 0.943. The summed E-state index contributed by atoms with van der Waals surface area (Å²) in [7, 11) is -4.10. The second-order valence-corrected chi connectivity index (χ2v) is 5.76. The van der Waals surface area contributed by atoms with Gasteiger partial charge in [-0.25, -0.2) is 26.3 Å². The zero-order valence-electron chi connectivity index (χ0n) is 10.1. The lowest BCUT2D eigenvalue weighted by atomic mass is 10.2. The van der Waals surface area contributed by atoms with Crippen LogP contribution in [0.4, 0.5) is 13.2 Å². The minimum Gasteiger partial charge on any atom is -0.207 e. The van der Waals surface area contributed by atoms with Crippen LogP contribution >= 0.6 is 0 Å². The molecule has 0 spiro atoms. The van der Waals surface area contributed by atoms with Gasteiger partial charge in [0, 0.05) is 12.6 Å². The molecule has 0 aliphatic rings. The van der Waals surface area contributed by atoms with Crippen LogP contribution in [0.25, 0.3) is 0 Å². The van der Waals surface area contributed by atoms with E-state index in [0.717, 1.165) is 12.1 Å². The second-order valence-electron chi connectivity index (χ2n) is 4.03. The lowest BCUT2D eigenvalue weighted by Crippen LogP contribution is -2.24. The van der Waals surface area contributed by atoms with Crippen LogP contribution in [0.1, 0.15) is 5.56 Å². The van der Waals surface area contributed by atoms with Gasteiger partial charge in [0.2, 0.25) is 10.0 Å². The molecule has 3 nitrogen and oxygen atoms in total. The van der Waals surface area contributed by atoms with Crippen molar-refractivity contribution >= 4 is 10.0 Å². The summed E-state index contributed by atoms with van der Waals surface area (Å²) in [5.41, 5.74) is 0.512. The standard InChI is InChI=1S/C13H10F3NO2S/c14-10-3-1-9(2-4-10)8-17-20(18,19)13-6-5-11(15)7-12(13)16/h1-7,17H,8H2. The van der Waals surface area contributed by atoms with Crippen LogP contribution in [0.3, 0.4) is 0 Å². The van der Waals surface area contributed by atoms with Gasteiger partial charge in [-0.05, 0) is 29.8 Å². The topological polar surface area (TPSA) is 46.2 Å². The van der Waals surface area contributed by atoms with Crippen molar-refractivity contribution in [3.63, 3.8) is 0 Å². The first-order valence-electron chi connectivity index (χ1n) is 5.58. The number of rotatable bonds is 4. The third-order valence-electron chi connectivity index (χ3n) is 2.56. The molecule has 0 aliphatic carbocycles. The Morgan fingerprint density at radius 1 is 0.900 bits per heavy atom. The van der Waals surface area contributed by atoms with Crippen LogP contribution in [0.15, 0.2) is 47.4 Å². The largest absolute Gasteiger partial charge is 0.243 e. The van der Waals surface area contributed by atoms with E-state index >= 15 is 0 Å². The van der Waals surface area contributed by atoms with Gasteiger partial charge in [-0.2, -0.15) is 0 Å². The molecule has 0 atom stereocenters. The fourth-order valence-corrected chi connectivity index (χ4v) is 2.63. The smallest absolute Gasteiger partial charge is 0.207 e. The average Bonchev–Trinajstić information content (AvgIpc) is 2.37. The first-order chi connectivity index (χ1) is 9.38. The molecule has 0 aliphatic heterocycles. The number of nitrogens with one attached hydrogen (secondary N) is 1. The fourth-order valence-electron chi connectivity index (χ4n) is 1.55. The predicted octanol–water partition coefficient (Wildman–Crippen LogP) is 2.58. The maximum Gasteiger partial charge on any atom is 0.243 e. The highest BCUT2D eigenvalue weighted by Gasteiger charge is 2.19. The molecule has 0 aromatic heterocycles. The summed E-state index contributed by atoms with van der Waals surface area (Å²) in [5.74, 6) is -2.47. The van der Waals surface area contributed by atoms with Gasteiger partial charge < -0.3 is 0 Å². The molecule has 0 fully saturated rings. The molecule has 0 unspecified atom stereocenters. The zero-order chi connectivity index (χ0) is 14.8. The lowest BCUT2D eigenvalue weighted by molar-refractivity contribution is 0.543. The fraction of sp³-hybridized carbons (Fsp3) is 0.0769. The van der Waals surface area contributed by atoms with Crippen molar-refractivity contribution in [2.75, 3.05) is 0 Å². The minimum atomic E-state index is -4.10. The normalized spacial score (nSPS) is 11.6. The van der Waals surface area contributed by atoms with E-state index in [4.69, 9.17) is 0 Å². The molecule has 0 saturated carbocycles. The molecule has 106 valence electrons. The summed E-state index contributed by atoms with van der Waals surface area (Å²) in [6.45, 7) is -0.126. The van der Waals surface area contributed by atoms with Crippen LogP contribution in [0, 0.1) is 17.5 Å². The summed E-state index contributed by atoms with van der Waals surface area (Å²) in [6, 6.07) is 7.36. The second kappa shape index (κ2) is 5.64. The van der Waals surface area contributed by atoms with E-state index in [-0.39, 0.29) is 6.54 Å². The number of halogens is 3. The van der Waals surface area contributed by atoms with Gasteiger partial charge in [0.1, 0.15) is 22.3 Å². The van der Waals surface area contributed by atoms with Crippen molar-refractivity contribution in [3.05, 3.63) is 65.5 Å². The Balaban J connectivity index is 2.17. The summed E-state index contributed by atoms with van der Waals surface area (Å²) >= 11 is 0. The van der Waals surface area contributed by atoms with Crippen LogP contribution in [-0.4, -0.2) is 8.42 Å². The van der Waals surface area contributed by atoms with Crippen molar-refractivity contribution in [1.82, 2.24) is 4.72 Å². The third-order valence-corrected chi connectivity index (χ3v) is 4.00. The zero-order valence-corrected chi connectivity index (χ0v) is 10.9. The first-order valence-corrected chi connectivity index (χ1v) is 7.06. The number of sulfonamides is 1. The highest BCUT2D eigenvalue weighted by atomic mass is 32.2. The molecule has 0 heterocycles. The molecule has 2 aromatic rings. The molecule has 2 rings (SSSR count). The Hall–Kier alpha value is -1.86. The summed E-state index contributed by atoms with van der Waals surface area (Å²) in [6.07, 6.45) is 0. The molecular formula is C13H10F3NO2S. The Morgan fingerprint density at radius 3 is 2.10 bits per heavy atom. The molecule has 7 heteroatoms. The molecule has 1 N–H and O–H groups in total. The van der Waals surface area contributed by atoms with Crippen LogP contribution < -0.4 is 4.72 Å². The van der Waals surface area contributed by atoms with Gasteiger partial charge >= 0.3 is 0 Å². The summed E-state index contributed by atoms with van der Waals surface area (Å²) in [5, 5.41) is 0. The molecule has 0 saturated heterocycles. The van der Waals surface area contributed by atoms with Crippen molar-refractivity contribution < 1.29 is 21.6 Å². The van der Waals surface area contributed by atoms with E-state index < -0.39 is 32.4 Å². The van der Waals surface area contributed by atoms with Crippen molar-refractivity contribution in [3.8, 4) is 0 Å². The lowest BCUT2D eigenvalue weighted by Gasteiger charge is -2.07. The van der Waals surface area contributed by atoms with E-state index in [1.807, 2.05) is 0 Å². The van der Waals surface area contributed by atoms with Gasteiger partial charge in [0.25, 0.3) is 0 Å². The maximum absolute atomic E-state index is 13.4. The minimum absolute atomic E-state index is 0.126. The van der Waals surface area contributed by atoms with Crippen molar-refractivity contribution in [2.45, 2.75) is 11.4 Å². The highest BCUT2D eigenvalue weighted by Crippen LogP contribution is 2.15. The highest BCUT2D eigenvalue weighted by molar-refractivity contribution is 7.89. The van der Waals surface area contributed by atoms with Crippen LogP contribution in [0.5, 0.6) is 0 Å². The van der Waals surface area contributed by atoms with Crippen LogP contribution in [0.2, 0.25) is 0 Å². The van der Waals surface area contributed by atoms with E-state index in [1.165, 1.54) is 24.3 Å². The number of hydrogen-bond acceptors (Lipinski definition) is 2. The third kappa shape index (κ3) is 3.37. The molecule has 0 amide bonds. The molecule has 2 aromatic carbocycles. The Kier molecular flexibility index (Phi) is 4.10. The van der Waals surface area contributed by atoms with Gasteiger partial charge in [-0.3, -0.25) is 0 Å². The SMILES string of the molecule is O=S(=O)(NCc1ccc(F)cc1)c1ccc(F)cc1F. The predicted molar refractivity (Wildman–Crippen MR) is 66.8 cm³/mol. The number of hydrogen-bond donors (Lipinski definition) is 1. The summed E-state index contributed by atoms with van der Waals surface area (Å²) in [4.78, 5) is -0.638. The van der Waals surface area contributed by atoms with E-state index in [0.29, 0.717) is 11.6 Å². The van der Waals surface area contributed by atoms with E-state index in [2.05, 4.69) is 4.72 Å². The van der Waals surface area contributed by atoms with Gasteiger partial charge in [0.15, 0.2) is 0 Å². The summed E-state index contributed by atoms with van der Waals surface area (Å²) < 4.78 is 64.7. The van der Waals surface area contributed by atoms with Crippen LogP contribution in [-0.2, 0) is 16.6 Å². The van der Waals surface area contributed by atoms with Gasteiger partial charge in [-0.1, -0.05) is 12.1 Å². The molecule has 0 radical (unpaired) electrons. The average molecular weight is 301 g/mol. The molecule has 0 bridgehead atoms. The van der Waals surface area contributed by atoms with Crippen molar-refractivity contribution in [1.29, 1.82) is 0 Å². The van der Waals surface area contributed by atoms with Gasteiger partial charge in [-0.15, -0.1) is 0 Å². The Bertz CT molecular complexity index is 715. The molecular weight excluding hydrogens is 291 g/mol. The van der Waals surface area contributed by atoms with E-state index in [1.54, 1.807) is 0 Å². The maximum atomic E-state index is 13.4. The van der Waals surface area contributed by atoms with Gasteiger partial charge in [0.05, 0.1) is 0 Å². The Morgan fingerprint density at radius 2 is 1.50 bits per heavy atom. The van der Waals surface area contributed by atoms with E-state index in [9.17, 15) is 21.6 Å².